The SMILES string of the molecule is Cc1ccc(C)c(CC(=O)N2CCN([C@H]3CCNC3)CC2)c1. The van der Waals surface area contributed by atoms with Crippen LogP contribution in [-0.4, -0.2) is 61.0 Å². The van der Waals surface area contributed by atoms with Crippen LogP contribution in [0.3, 0.4) is 0 Å². The summed E-state index contributed by atoms with van der Waals surface area (Å²) in [5.74, 6) is 0.276. The molecule has 0 spiro atoms. The zero-order valence-electron chi connectivity index (χ0n) is 13.8. The topological polar surface area (TPSA) is 35.6 Å². The summed E-state index contributed by atoms with van der Waals surface area (Å²) >= 11 is 0. The van der Waals surface area contributed by atoms with Crippen molar-refractivity contribution in [1.82, 2.24) is 15.1 Å². The quantitative estimate of drug-likeness (QED) is 0.915. The fourth-order valence-corrected chi connectivity index (χ4v) is 3.55. The Balaban J connectivity index is 1.54. The largest absolute Gasteiger partial charge is 0.340 e. The maximum atomic E-state index is 12.6. The molecule has 2 heterocycles. The molecule has 1 aromatic rings. The van der Waals surface area contributed by atoms with Gasteiger partial charge in [-0.15, -0.1) is 0 Å². The van der Waals surface area contributed by atoms with Crippen molar-refractivity contribution < 1.29 is 4.79 Å². The van der Waals surface area contributed by atoms with E-state index in [0.717, 1.165) is 39.3 Å². The van der Waals surface area contributed by atoms with Gasteiger partial charge in [-0.2, -0.15) is 0 Å². The van der Waals surface area contributed by atoms with Gasteiger partial charge in [-0.3, -0.25) is 9.69 Å². The molecule has 2 fully saturated rings. The van der Waals surface area contributed by atoms with Gasteiger partial charge in [0.2, 0.25) is 5.91 Å². The maximum Gasteiger partial charge on any atom is 0.227 e. The molecule has 2 aliphatic heterocycles. The highest BCUT2D eigenvalue weighted by Gasteiger charge is 2.27. The lowest BCUT2D eigenvalue weighted by molar-refractivity contribution is -0.132. The molecule has 0 radical (unpaired) electrons. The van der Waals surface area contributed by atoms with E-state index in [0.29, 0.717) is 12.5 Å². The van der Waals surface area contributed by atoms with E-state index in [1.165, 1.54) is 23.1 Å². The molecule has 1 amide bonds. The van der Waals surface area contributed by atoms with Crippen molar-refractivity contribution in [1.29, 1.82) is 0 Å². The number of hydrogen-bond donors (Lipinski definition) is 1. The van der Waals surface area contributed by atoms with Crippen LogP contribution < -0.4 is 5.32 Å². The smallest absolute Gasteiger partial charge is 0.227 e. The van der Waals surface area contributed by atoms with Gasteiger partial charge in [0.25, 0.3) is 0 Å². The van der Waals surface area contributed by atoms with E-state index in [9.17, 15) is 4.79 Å². The molecule has 0 saturated carbocycles. The normalized spacial score (nSPS) is 23.0. The highest BCUT2D eigenvalue weighted by atomic mass is 16.2. The van der Waals surface area contributed by atoms with Crippen LogP contribution in [-0.2, 0) is 11.2 Å². The van der Waals surface area contributed by atoms with Gasteiger partial charge in [0.15, 0.2) is 0 Å². The van der Waals surface area contributed by atoms with Crippen molar-refractivity contribution in [2.75, 3.05) is 39.3 Å². The van der Waals surface area contributed by atoms with Gasteiger partial charge in [-0.1, -0.05) is 23.8 Å². The van der Waals surface area contributed by atoms with Gasteiger partial charge in [0, 0.05) is 38.8 Å². The lowest BCUT2D eigenvalue weighted by Gasteiger charge is -2.38. The fourth-order valence-electron chi connectivity index (χ4n) is 3.55. The second-order valence-electron chi connectivity index (χ2n) is 6.67. The van der Waals surface area contributed by atoms with Gasteiger partial charge < -0.3 is 10.2 Å². The molecule has 0 aromatic heterocycles. The molecule has 0 unspecified atom stereocenters. The van der Waals surface area contributed by atoms with Gasteiger partial charge in [-0.05, 0) is 37.9 Å². The number of carbonyl (C=O) groups is 1. The van der Waals surface area contributed by atoms with Crippen LogP contribution in [0.5, 0.6) is 0 Å². The van der Waals surface area contributed by atoms with Crippen molar-refractivity contribution in [2.45, 2.75) is 32.7 Å². The summed E-state index contributed by atoms with van der Waals surface area (Å²) < 4.78 is 0. The lowest BCUT2D eigenvalue weighted by atomic mass is 10.0. The molecule has 4 heteroatoms. The third-order valence-electron chi connectivity index (χ3n) is 5.06. The highest BCUT2D eigenvalue weighted by Crippen LogP contribution is 2.15. The minimum absolute atomic E-state index is 0.276. The van der Waals surface area contributed by atoms with E-state index in [1.54, 1.807) is 0 Å². The number of nitrogens with one attached hydrogen (secondary N) is 1. The second-order valence-corrected chi connectivity index (χ2v) is 6.67. The Morgan fingerprint density at radius 3 is 2.68 bits per heavy atom. The first-order valence-electron chi connectivity index (χ1n) is 8.42. The van der Waals surface area contributed by atoms with Gasteiger partial charge in [0.1, 0.15) is 0 Å². The summed E-state index contributed by atoms with van der Waals surface area (Å²) in [6.07, 6.45) is 1.79. The van der Waals surface area contributed by atoms with Crippen molar-refractivity contribution in [3.63, 3.8) is 0 Å². The van der Waals surface area contributed by atoms with Crippen molar-refractivity contribution in [3.8, 4) is 0 Å². The molecule has 0 aliphatic carbocycles. The fraction of sp³-hybridized carbons (Fsp3) is 0.611. The van der Waals surface area contributed by atoms with Crippen molar-refractivity contribution in [3.05, 3.63) is 34.9 Å². The molecule has 22 heavy (non-hydrogen) atoms. The average Bonchev–Trinajstić information content (AvgIpc) is 3.05. The monoisotopic (exact) mass is 301 g/mol. The third-order valence-corrected chi connectivity index (χ3v) is 5.06. The Labute approximate surface area is 133 Å². The molecule has 1 aromatic carbocycles. The first-order chi connectivity index (χ1) is 10.6. The van der Waals surface area contributed by atoms with E-state index in [-0.39, 0.29) is 5.91 Å². The minimum Gasteiger partial charge on any atom is -0.340 e. The standard InChI is InChI=1S/C18H27N3O/c1-14-3-4-15(2)16(11-14)12-18(22)21-9-7-20(8-10-21)17-5-6-19-13-17/h3-4,11,17,19H,5-10,12-13H2,1-2H3/t17-/m0/s1. The first-order valence-corrected chi connectivity index (χ1v) is 8.42. The molecule has 2 saturated heterocycles. The average molecular weight is 301 g/mol. The number of piperazine rings is 1. The highest BCUT2D eigenvalue weighted by molar-refractivity contribution is 5.79. The zero-order valence-corrected chi connectivity index (χ0v) is 13.8. The molecule has 120 valence electrons. The van der Waals surface area contributed by atoms with Crippen LogP contribution in [0.25, 0.3) is 0 Å². The van der Waals surface area contributed by atoms with Crippen molar-refractivity contribution >= 4 is 5.91 Å². The van der Waals surface area contributed by atoms with Gasteiger partial charge in [-0.25, -0.2) is 0 Å². The number of aryl methyl sites for hydroxylation is 2. The van der Waals surface area contributed by atoms with Crippen LogP contribution >= 0.6 is 0 Å². The minimum atomic E-state index is 0.276. The predicted octanol–water partition coefficient (Wildman–Crippen LogP) is 1.35. The molecule has 4 nitrogen and oxygen atoms in total. The van der Waals surface area contributed by atoms with Gasteiger partial charge >= 0.3 is 0 Å². The van der Waals surface area contributed by atoms with Crippen LogP contribution in [0.2, 0.25) is 0 Å². The third kappa shape index (κ3) is 3.50. The zero-order chi connectivity index (χ0) is 15.5. The molecular formula is C18H27N3O. The Hall–Kier alpha value is -1.39. The van der Waals surface area contributed by atoms with E-state index >= 15 is 0 Å². The molecule has 0 bridgehead atoms. The summed E-state index contributed by atoms with van der Waals surface area (Å²) in [5.41, 5.74) is 3.62. The number of nitrogens with zero attached hydrogens (tertiary/aromatic N) is 2. The maximum absolute atomic E-state index is 12.6. The molecule has 1 atom stereocenters. The van der Waals surface area contributed by atoms with Crippen LogP contribution in [0.1, 0.15) is 23.1 Å². The number of carbonyl (C=O) groups excluding carboxylic acids is 1. The van der Waals surface area contributed by atoms with Gasteiger partial charge in [0.05, 0.1) is 6.42 Å². The summed E-state index contributed by atoms with van der Waals surface area (Å²) in [5, 5.41) is 3.43. The van der Waals surface area contributed by atoms with Crippen LogP contribution in [0.4, 0.5) is 0 Å². The van der Waals surface area contributed by atoms with E-state index < -0.39 is 0 Å². The predicted molar refractivity (Wildman–Crippen MR) is 89.0 cm³/mol. The molecular weight excluding hydrogens is 274 g/mol. The van der Waals surface area contributed by atoms with E-state index in [4.69, 9.17) is 0 Å². The van der Waals surface area contributed by atoms with Crippen molar-refractivity contribution in [2.24, 2.45) is 0 Å². The van der Waals surface area contributed by atoms with Crippen LogP contribution in [0, 0.1) is 13.8 Å². The summed E-state index contributed by atoms with van der Waals surface area (Å²) in [6, 6.07) is 7.05. The summed E-state index contributed by atoms with van der Waals surface area (Å²) in [4.78, 5) is 17.1. The summed E-state index contributed by atoms with van der Waals surface area (Å²) in [7, 11) is 0. The number of rotatable bonds is 3. The van der Waals surface area contributed by atoms with E-state index in [1.807, 2.05) is 4.90 Å². The Morgan fingerprint density at radius 1 is 1.23 bits per heavy atom. The van der Waals surface area contributed by atoms with E-state index in [2.05, 4.69) is 42.3 Å². The molecule has 2 aliphatic rings. The molecule has 1 N–H and O–H groups in total. The van der Waals surface area contributed by atoms with Crippen LogP contribution in [0.15, 0.2) is 18.2 Å². The lowest BCUT2D eigenvalue weighted by Crippen LogP contribution is -2.52. The molecule has 3 rings (SSSR count). The first kappa shape index (κ1) is 15.5. The second kappa shape index (κ2) is 6.80. The number of hydrogen-bond acceptors (Lipinski definition) is 3. The summed E-state index contributed by atoms with van der Waals surface area (Å²) in [6.45, 7) is 10.2. The Morgan fingerprint density at radius 2 is 2.00 bits per heavy atom. The Kier molecular flexibility index (Phi) is 4.79. The Bertz CT molecular complexity index is 529. The number of amides is 1. The number of benzene rings is 1.